The maximum absolute atomic E-state index is 10.9. The molecule has 0 radical (unpaired) electrons. The number of nitrogens with one attached hydrogen (secondary N) is 1. The summed E-state index contributed by atoms with van der Waals surface area (Å²) in [6.45, 7) is -0.696. The Labute approximate surface area is 100 Å². The molecule has 18 heavy (non-hydrogen) atoms. The van der Waals surface area contributed by atoms with Gasteiger partial charge in [0.2, 0.25) is 5.91 Å². The summed E-state index contributed by atoms with van der Waals surface area (Å²) in [4.78, 5) is 35.6. The molecule has 0 bridgehead atoms. The number of hydrogen-bond acceptors (Lipinski definition) is 6. The van der Waals surface area contributed by atoms with Gasteiger partial charge in [0.15, 0.2) is 6.61 Å². The van der Waals surface area contributed by atoms with Gasteiger partial charge in [0.25, 0.3) is 5.69 Å². The Bertz CT molecular complexity index is 501. The van der Waals surface area contributed by atoms with Crippen LogP contribution in [0.2, 0.25) is 0 Å². The lowest BCUT2D eigenvalue weighted by Gasteiger charge is -2.06. The van der Waals surface area contributed by atoms with Gasteiger partial charge in [0, 0.05) is 11.6 Å². The number of carboxylic acids is 1. The quantitative estimate of drug-likeness (QED) is 0.483. The molecule has 1 rings (SSSR count). The first-order valence-corrected chi connectivity index (χ1v) is 4.59. The van der Waals surface area contributed by atoms with E-state index in [9.17, 15) is 19.7 Å². The minimum Gasteiger partial charge on any atom is -0.479 e. The summed E-state index contributed by atoms with van der Waals surface area (Å²) in [6.07, 6.45) is 0. The van der Waals surface area contributed by atoms with Crippen LogP contribution in [0, 0.1) is 10.1 Å². The predicted octanol–water partition coefficient (Wildman–Crippen LogP) is 0.122. The Morgan fingerprint density at radius 1 is 1.50 bits per heavy atom. The van der Waals surface area contributed by atoms with Crippen molar-refractivity contribution in [3.8, 4) is 0 Å². The van der Waals surface area contributed by atoms with Crippen molar-refractivity contribution in [2.75, 3.05) is 12.1 Å². The molecule has 1 aromatic rings. The van der Waals surface area contributed by atoms with Gasteiger partial charge in [-0.15, -0.1) is 0 Å². The zero-order valence-electron chi connectivity index (χ0n) is 8.95. The van der Waals surface area contributed by atoms with Gasteiger partial charge in [0.05, 0.1) is 4.92 Å². The Morgan fingerprint density at radius 2 is 2.17 bits per heavy atom. The second kappa shape index (κ2) is 5.59. The second-order valence-corrected chi connectivity index (χ2v) is 3.14. The Morgan fingerprint density at radius 3 is 2.67 bits per heavy atom. The number of carbonyl (C=O) groups excluding carboxylic acids is 1. The van der Waals surface area contributed by atoms with E-state index in [1.54, 1.807) is 0 Å². The summed E-state index contributed by atoms with van der Waals surface area (Å²) in [5, 5.41) is 19.0. The topological polar surface area (TPSA) is 145 Å². The van der Waals surface area contributed by atoms with Crippen LogP contribution >= 0.6 is 0 Å². The third kappa shape index (κ3) is 3.42. The lowest BCUT2D eigenvalue weighted by molar-refractivity contribution is -0.384. The van der Waals surface area contributed by atoms with Crippen molar-refractivity contribution in [2.24, 2.45) is 5.73 Å². The van der Waals surface area contributed by atoms with Gasteiger partial charge in [-0.3, -0.25) is 25.2 Å². The minimum absolute atomic E-state index is 0.0297. The molecule has 4 N–H and O–H groups in total. The molecule has 0 aliphatic carbocycles. The van der Waals surface area contributed by atoms with Crippen molar-refractivity contribution in [1.29, 1.82) is 0 Å². The summed E-state index contributed by atoms with van der Waals surface area (Å²) in [6, 6.07) is 3.34. The predicted molar refractivity (Wildman–Crippen MR) is 58.8 cm³/mol. The van der Waals surface area contributed by atoms with Gasteiger partial charge < -0.3 is 10.8 Å². The number of nitrogens with two attached hydrogens (primary N) is 1. The van der Waals surface area contributed by atoms with Crippen molar-refractivity contribution in [2.45, 2.75) is 0 Å². The van der Waals surface area contributed by atoms with Crippen LogP contribution in [0.5, 0.6) is 0 Å². The molecule has 0 fully saturated rings. The molecule has 9 heteroatoms. The van der Waals surface area contributed by atoms with Crippen LogP contribution < -0.4 is 11.2 Å². The molecule has 0 saturated carbocycles. The van der Waals surface area contributed by atoms with E-state index < -0.39 is 23.4 Å². The Hall–Kier alpha value is -2.68. The number of benzene rings is 1. The maximum atomic E-state index is 10.9. The second-order valence-electron chi connectivity index (χ2n) is 3.14. The Balaban J connectivity index is 2.96. The highest BCUT2D eigenvalue weighted by atomic mass is 16.7. The van der Waals surface area contributed by atoms with Crippen LogP contribution in [-0.4, -0.2) is 28.5 Å². The molecule has 1 aromatic carbocycles. The number of carbonyl (C=O) groups is 2. The Kier molecular flexibility index (Phi) is 4.16. The third-order valence-corrected chi connectivity index (χ3v) is 1.86. The van der Waals surface area contributed by atoms with Crippen molar-refractivity contribution in [3.05, 3.63) is 33.9 Å². The van der Waals surface area contributed by atoms with E-state index in [0.717, 1.165) is 12.1 Å². The van der Waals surface area contributed by atoms with Gasteiger partial charge in [0.1, 0.15) is 5.69 Å². The zero-order chi connectivity index (χ0) is 13.7. The maximum Gasteiger partial charge on any atom is 0.332 e. The number of nitrogens with zero attached hydrogens (tertiary/aromatic N) is 1. The van der Waals surface area contributed by atoms with Crippen LogP contribution in [0.4, 0.5) is 11.4 Å². The van der Waals surface area contributed by atoms with Crippen molar-refractivity contribution < 1.29 is 24.5 Å². The number of primary amides is 1. The highest BCUT2D eigenvalue weighted by Crippen LogP contribution is 2.25. The first-order chi connectivity index (χ1) is 8.41. The van der Waals surface area contributed by atoms with Crippen LogP contribution in [0.15, 0.2) is 18.2 Å². The lowest BCUT2D eigenvalue weighted by atomic mass is 10.1. The number of nitro groups is 1. The molecular weight excluding hydrogens is 246 g/mol. The van der Waals surface area contributed by atoms with Gasteiger partial charge in [-0.1, -0.05) is 0 Å². The van der Waals surface area contributed by atoms with E-state index in [-0.39, 0.29) is 16.9 Å². The van der Waals surface area contributed by atoms with Crippen molar-refractivity contribution in [3.63, 3.8) is 0 Å². The van der Waals surface area contributed by atoms with Gasteiger partial charge in [-0.25, -0.2) is 4.79 Å². The molecule has 0 aliphatic rings. The highest BCUT2D eigenvalue weighted by molar-refractivity contribution is 5.94. The van der Waals surface area contributed by atoms with Crippen LogP contribution in [0.25, 0.3) is 0 Å². The molecule has 0 atom stereocenters. The van der Waals surface area contributed by atoms with Crippen LogP contribution in [0.3, 0.4) is 0 Å². The van der Waals surface area contributed by atoms with E-state index in [1.807, 2.05) is 0 Å². The van der Waals surface area contributed by atoms with Crippen LogP contribution in [0.1, 0.15) is 10.4 Å². The number of rotatable bonds is 6. The molecule has 0 aromatic heterocycles. The number of nitro benzene ring substituents is 1. The third-order valence-electron chi connectivity index (χ3n) is 1.86. The monoisotopic (exact) mass is 255 g/mol. The van der Waals surface area contributed by atoms with Crippen LogP contribution in [-0.2, 0) is 9.63 Å². The molecule has 1 amide bonds. The molecule has 0 heterocycles. The summed E-state index contributed by atoms with van der Waals surface area (Å²) >= 11 is 0. The largest absolute Gasteiger partial charge is 0.479 e. The summed E-state index contributed by atoms with van der Waals surface area (Å²) < 4.78 is 0. The van der Waals surface area contributed by atoms with Gasteiger partial charge in [-0.05, 0) is 12.1 Å². The van der Waals surface area contributed by atoms with Gasteiger partial charge in [-0.2, -0.15) is 0 Å². The van der Waals surface area contributed by atoms with Gasteiger partial charge >= 0.3 is 5.97 Å². The number of hydrogen-bond donors (Lipinski definition) is 3. The van der Waals surface area contributed by atoms with Crippen molar-refractivity contribution >= 4 is 23.3 Å². The fourth-order valence-corrected chi connectivity index (χ4v) is 1.11. The first-order valence-electron chi connectivity index (χ1n) is 4.59. The number of amides is 1. The fourth-order valence-electron chi connectivity index (χ4n) is 1.11. The highest BCUT2D eigenvalue weighted by Gasteiger charge is 2.16. The molecular formula is C9H9N3O6. The fraction of sp³-hybridized carbons (Fsp3) is 0.111. The molecule has 0 aliphatic heterocycles. The number of carboxylic acid groups (broad SMARTS) is 1. The standard InChI is InChI=1S/C9H9N3O6/c10-9(15)5-1-2-7(12(16)17)6(3-5)11-18-4-8(13)14/h1-3,11H,4H2,(H2,10,15)(H,13,14). The van der Waals surface area contributed by atoms with E-state index in [2.05, 4.69) is 10.3 Å². The van der Waals surface area contributed by atoms with E-state index in [0.29, 0.717) is 0 Å². The van der Waals surface area contributed by atoms with E-state index >= 15 is 0 Å². The first kappa shape index (κ1) is 13.4. The minimum atomic E-state index is -1.25. The normalized spacial score (nSPS) is 9.78. The summed E-state index contributed by atoms with van der Waals surface area (Å²) in [5.74, 6) is -2.03. The smallest absolute Gasteiger partial charge is 0.332 e. The number of aliphatic carboxylic acids is 1. The van der Waals surface area contributed by atoms with E-state index in [1.165, 1.54) is 6.07 Å². The van der Waals surface area contributed by atoms with Crippen molar-refractivity contribution in [1.82, 2.24) is 0 Å². The summed E-state index contributed by atoms with van der Waals surface area (Å²) in [7, 11) is 0. The molecule has 0 saturated heterocycles. The summed E-state index contributed by atoms with van der Waals surface area (Å²) in [5.41, 5.74) is 6.61. The average molecular weight is 255 g/mol. The SMILES string of the molecule is NC(=O)c1ccc([N+](=O)[O-])c(NOCC(=O)O)c1. The molecule has 0 unspecified atom stereocenters. The molecule has 96 valence electrons. The average Bonchev–Trinajstić information content (AvgIpc) is 2.27. The lowest BCUT2D eigenvalue weighted by Crippen LogP contribution is -2.14. The number of anilines is 1. The molecule has 0 spiro atoms. The zero-order valence-corrected chi connectivity index (χ0v) is 8.95. The van der Waals surface area contributed by atoms with E-state index in [4.69, 9.17) is 10.8 Å². The molecule has 9 nitrogen and oxygen atoms in total.